The van der Waals surface area contributed by atoms with Crippen molar-refractivity contribution >= 4 is 38.2 Å². The molecule has 4 heterocycles. The number of primary amides is 1. The summed E-state index contributed by atoms with van der Waals surface area (Å²) in [5.74, 6) is 0.176. The Labute approximate surface area is 181 Å². The Morgan fingerprint density at radius 2 is 1.90 bits per heavy atom. The maximum absolute atomic E-state index is 12.6. The van der Waals surface area contributed by atoms with Gasteiger partial charge in [0.15, 0.2) is 15.5 Å². The van der Waals surface area contributed by atoms with Crippen LogP contribution in [0.25, 0.3) is 16.7 Å². The van der Waals surface area contributed by atoms with Gasteiger partial charge in [-0.25, -0.2) is 13.4 Å². The molecule has 0 bridgehead atoms. The van der Waals surface area contributed by atoms with E-state index in [9.17, 15) is 13.2 Å². The first kappa shape index (κ1) is 20.3. The summed E-state index contributed by atoms with van der Waals surface area (Å²) in [5.41, 5.74) is 15.7. The van der Waals surface area contributed by atoms with E-state index in [-0.39, 0.29) is 23.3 Å². The number of piperidine rings is 1. The van der Waals surface area contributed by atoms with E-state index in [4.69, 9.17) is 16.5 Å². The third kappa shape index (κ3) is 3.18. The molecule has 1 saturated heterocycles. The Balaban J connectivity index is 1.85. The number of nitrogens with zero attached hydrogens (tertiary/aromatic N) is 3. The predicted molar refractivity (Wildman–Crippen MR) is 121 cm³/mol. The van der Waals surface area contributed by atoms with Gasteiger partial charge in [-0.2, -0.15) is 0 Å². The molecule has 4 N–H and O–H groups in total. The fourth-order valence-corrected chi connectivity index (χ4v) is 6.40. The lowest BCUT2D eigenvalue weighted by molar-refractivity contribution is 0.100. The average molecular weight is 442 g/mol. The van der Waals surface area contributed by atoms with Crippen molar-refractivity contribution in [2.45, 2.75) is 31.9 Å². The first-order valence-corrected chi connectivity index (χ1v) is 12.5. The number of para-hydroxylation sites is 2. The van der Waals surface area contributed by atoms with Crippen LogP contribution >= 0.6 is 0 Å². The van der Waals surface area contributed by atoms with Gasteiger partial charge in [0.2, 0.25) is 0 Å². The molecule has 0 radical (unpaired) electrons. The lowest BCUT2D eigenvalue weighted by atomic mass is 9.80. The molecule has 31 heavy (non-hydrogen) atoms. The van der Waals surface area contributed by atoms with Gasteiger partial charge in [0.05, 0.1) is 28.1 Å². The number of carbonyl (C=O) groups excluding carboxylic acids is 1. The largest absolute Gasteiger partial charge is 0.365 e. The normalized spacial score (nSPS) is 20.1. The summed E-state index contributed by atoms with van der Waals surface area (Å²) in [6.07, 6.45) is 2.10. The van der Waals surface area contributed by atoms with Gasteiger partial charge in [-0.05, 0) is 48.9 Å². The number of anilines is 1. The van der Waals surface area contributed by atoms with Gasteiger partial charge in [-0.1, -0.05) is 19.1 Å². The highest BCUT2D eigenvalue weighted by Crippen LogP contribution is 2.40. The molecular weight excluding hydrogens is 414 g/mol. The quantitative estimate of drug-likeness (QED) is 0.637. The molecule has 0 atom stereocenters. The van der Waals surface area contributed by atoms with Gasteiger partial charge in [-0.15, -0.1) is 0 Å². The monoisotopic (exact) mass is 441 g/mol. The van der Waals surface area contributed by atoms with Crippen LogP contribution in [0.3, 0.4) is 0 Å². The molecule has 0 saturated carbocycles. The van der Waals surface area contributed by atoms with Crippen LogP contribution in [0.1, 0.15) is 41.3 Å². The summed E-state index contributed by atoms with van der Waals surface area (Å²) in [5, 5.41) is 0. The molecule has 1 fully saturated rings. The molecule has 9 heteroatoms. The number of hydrogen-bond acceptors (Lipinski definition) is 6. The summed E-state index contributed by atoms with van der Waals surface area (Å²) in [6.45, 7) is 4.34. The lowest BCUT2D eigenvalue weighted by Gasteiger charge is -2.41. The minimum Gasteiger partial charge on any atom is -0.365 e. The molecular formula is C22H27N5O3S. The second kappa shape index (κ2) is 6.93. The van der Waals surface area contributed by atoms with Gasteiger partial charge in [0.1, 0.15) is 5.82 Å². The summed E-state index contributed by atoms with van der Waals surface area (Å²) < 4.78 is 27.2. The SMILES string of the molecule is CC1(CN)CCN(c2c3c(c(C(N)=O)c4nc5ccccc5n24)CCS(=O)(=O)C3)CC1. The molecule has 0 unspecified atom stereocenters. The third-order valence-electron chi connectivity index (χ3n) is 6.97. The predicted octanol–water partition coefficient (Wildman–Crippen LogP) is 1.62. The van der Waals surface area contributed by atoms with Crippen molar-refractivity contribution in [2.24, 2.45) is 16.9 Å². The molecule has 0 spiro atoms. The van der Waals surface area contributed by atoms with E-state index >= 15 is 0 Å². The molecule has 8 nitrogen and oxygen atoms in total. The number of hydrogen-bond donors (Lipinski definition) is 2. The Bertz CT molecular complexity index is 1320. The van der Waals surface area contributed by atoms with Gasteiger partial charge < -0.3 is 16.4 Å². The molecule has 0 aliphatic carbocycles. The minimum absolute atomic E-state index is 0.0152. The van der Waals surface area contributed by atoms with Crippen LogP contribution in [-0.4, -0.2) is 49.1 Å². The number of nitrogens with two attached hydrogens (primary N) is 2. The maximum atomic E-state index is 12.6. The molecule has 2 aromatic heterocycles. The molecule has 2 aliphatic heterocycles. The van der Waals surface area contributed by atoms with E-state index in [1.54, 1.807) is 0 Å². The number of sulfone groups is 1. The first-order valence-electron chi connectivity index (χ1n) is 10.6. The van der Waals surface area contributed by atoms with Crippen LogP contribution in [0.15, 0.2) is 24.3 Å². The number of benzene rings is 1. The van der Waals surface area contributed by atoms with Crippen molar-refractivity contribution in [1.82, 2.24) is 9.38 Å². The first-order chi connectivity index (χ1) is 14.7. The number of pyridine rings is 1. The summed E-state index contributed by atoms with van der Waals surface area (Å²) >= 11 is 0. The van der Waals surface area contributed by atoms with E-state index in [1.807, 2.05) is 28.7 Å². The zero-order chi connectivity index (χ0) is 22.0. The molecule has 5 rings (SSSR count). The lowest BCUT2D eigenvalue weighted by Crippen LogP contribution is -2.43. The van der Waals surface area contributed by atoms with Crippen LogP contribution in [-0.2, 0) is 22.0 Å². The van der Waals surface area contributed by atoms with E-state index in [0.29, 0.717) is 23.3 Å². The van der Waals surface area contributed by atoms with Gasteiger partial charge in [0.25, 0.3) is 5.91 Å². The van der Waals surface area contributed by atoms with Crippen molar-refractivity contribution in [2.75, 3.05) is 30.3 Å². The number of rotatable bonds is 3. The van der Waals surface area contributed by atoms with E-state index in [2.05, 4.69) is 11.8 Å². The highest BCUT2D eigenvalue weighted by Gasteiger charge is 2.36. The molecule has 164 valence electrons. The summed E-state index contributed by atoms with van der Waals surface area (Å²) in [6, 6.07) is 7.66. The van der Waals surface area contributed by atoms with Gasteiger partial charge >= 0.3 is 0 Å². The summed E-state index contributed by atoms with van der Waals surface area (Å²) in [4.78, 5) is 19.5. The average Bonchev–Trinajstić information content (AvgIpc) is 3.11. The van der Waals surface area contributed by atoms with Crippen LogP contribution in [0.2, 0.25) is 0 Å². The number of imidazole rings is 1. The fourth-order valence-electron chi connectivity index (χ4n) is 4.99. The second-order valence-corrected chi connectivity index (χ2v) is 11.3. The van der Waals surface area contributed by atoms with E-state index in [1.165, 1.54) is 0 Å². The van der Waals surface area contributed by atoms with Crippen molar-refractivity contribution in [1.29, 1.82) is 0 Å². The smallest absolute Gasteiger partial charge is 0.252 e. The van der Waals surface area contributed by atoms with Crippen LogP contribution in [0, 0.1) is 5.41 Å². The maximum Gasteiger partial charge on any atom is 0.252 e. The standard InChI is InChI=1S/C22H27N5O3S/c1-22(13-23)7-9-26(10-8-22)21-15-12-31(29,30)11-6-14(15)18(19(24)28)20-25-16-4-2-3-5-17(16)27(20)21/h2-5H,6-13,23H2,1H3,(H2,24,28). The fraction of sp³-hybridized carbons (Fsp3) is 0.455. The van der Waals surface area contributed by atoms with E-state index in [0.717, 1.165) is 48.3 Å². The molecule has 1 aromatic carbocycles. The van der Waals surface area contributed by atoms with Crippen molar-refractivity contribution in [3.63, 3.8) is 0 Å². The Kier molecular flexibility index (Phi) is 4.53. The molecule has 3 aromatic rings. The van der Waals surface area contributed by atoms with Crippen LogP contribution in [0.5, 0.6) is 0 Å². The Hall–Kier alpha value is -2.65. The van der Waals surface area contributed by atoms with Gasteiger partial charge in [0, 0.05) is 18.7 Å². The highest BCUT2D eigenvalue weighted by molar-refractivity contribution is 7.90. The Morgan fingerprint density at radius 1 is 1.19 bits per heavy atom. The number of amides is 1. The Morgan fingerprint density at radius 3 is 2.58 bits per heavy atom. The second-order valence-electron chi connectivity index (χ2n) is 9.12. The number of fused-ring (bicyclic) bond motifs is 4. The van der Waals surface area contributed by atoms with E-state index < -0.39 is 15.7 Å². The van der Waals surface area contributed by atoms with Gasteiger partial charge in [-0.3, -0.25) is 9.20 Å². The number of carbonyl (C=O) groups is 1. The minimum atomic E-state index is -3.26. The summed E-state index contributed by atoms with van der Waals surface area (Å²) in [7, 11) is -3.26. The van der Waals surface area contributed by atoms with Crippen LogP contribution < -0.4 is 16.4 Å². The zero-order valence-electron chi connectivity index (χ0n) is 17.6. The van der Waals surface area contributed by atoms with Crippen LogP contribution in [0.4, 0.5) is 5.82 Å². The van der Waals surface area contributed by atoms with Crippen molar-refractivity contribution < 1.29 is 13.2 Å². The third-order valence-corrected chi connectivity index (χ3v) is 8.52. The highest BCUT2D eigenvalue weighted by atomic mass is 32.2. The zero-order valence-corrected chi connectivity index (χ0v) is 18.4. The topological polar surface area (TPSA) is 124 Å². The van der Waals surface area contributed by atoms with Crippen molar-refractivity contribution in [3.05, 3.63) is 41.0 Å². The molecule has 1 amide bonds. The number of aromatic nitrogens is 2. The van der Waals surface area contributed by atoms with Crippen molar-refractivity contribution in [3.8, 4) is 0 Å². The molecule has 2 aliphatic rings.